The summed E-state index contributed by atoms with van der Waals surface area (Å²) in [6.07, 6.45) is 3.85. The minimum Gasteiger partial charge on any atom is -0.376 e. The van der Waals surface area contributed by atoms with Gasteiger partial charge in [-0.2, -0.15) is 0 Å². The SMILES string of the molecule is CNc1cc(C(=O)NC(C)C2CCCO2)ccn1. The van der Waals surface area contributed by atoms with Crippen molar-refractivity contribution in [1.82, 2.24) is 10.3 Å². The van der Waals surface area contributed by atoms with Crippen LogP contribution in [0.5, 0.6) is 0 Å². The average Bonchev–Trinajstić information content (AvgIpc) is 2.92. The van der Waals surface area contributed by atoms with Crippen molar-refractivity contribution in [3.63, 3.8) is 0 Å². The standard InChI is InChI=1S/C13H19N3O2/c1-9(11-4-3-7-18-11)16-13(17)10-5-6-15-12(8-10)14-2/h5-6,8-9,11H,3-4,7H2,1-2H3,(H,14,15)(H,16,17). The molecule has 5 nitrogen and oxygen atoms in total. The van der Waals surface area contributed by atoms with Crippen molar-refractivity contribution in [3.8, 4) is 0 Å². The maximum absolute atomic E-state index is 12.1. The van der Waals surface area contributed by atoms with Gasteiger partial charge in [0.25, 0.3) is 5.91 Å². The highest BCUT2D eigenvalue weighted by molar-refractivity contribution is 5.95. The van der Waals surface area contributed by atoms with Gasteiger partial charge in [0.15, 0.2) is 0 Å². The zero-order valence-corrected chi connectivity index (χ0v) is 10.8. The van der Waals surface area contributed by atoms with Crippen LogP contribution in [0.3, 0.4) is 0 Å². The summed E-state index contributed by atoms with van der Waals surface area (Å²) in [5, 5.41) is 5.88. The normalized spacial score (nSPS) is 20.4. The van der Waals surface area contributed by atoms with E-state index in [0.717, 1.165) is 19.4 Å². The van der Waals surface area contributed by atoms with E-state index < -0.39 is 0 Å². The van der Waals surface area contributed by atoms with E-state index in [-0.39, 0.29) is 18.1 Å². The molecule has 18 heavy (non-hydrogen) atoms. The van der Waals surface area contributed by atoms with Crippen molar-refractivity contribution in [1.29, 1.82) is 0 Å². The molecular weight excluding hydrogens is 230 g/mol. The second kappa shape index (κ2) is 5.82. The number of anilines is 1. The molecule has 5 heteroatoms. The van der Waals surface area contributed by atoms with Crippen molar-refractivity contribution >= 4 is 11.7 Å². The minimum atomic E-state index is -0.0862. The first-order valence-electron chi connectivity index (χ1n) is 6.27. The molecule has 2 N–H and O–H groups in total. The van der Waals surface area contributed by atoms with Crippen LogP contribution in [-0.2, 0) is 4.74 Å². The van der Waals surface area contributed by atoms with Gasteiger partial charge in [0, 0.05) is 25.4 Å². The van der Waals surface area contributed by atoms with Gasteiger partial charge in [-0.25, -0.2) is 4.98 Å². The van der Waals surface area contributed by atoms with Gasteiger partial charge < -0.3 is 15.4 Å². The van der Waals surface area contributed by atoms with Gasteiger partial charge in [0.2, 0.25) is 0 Å². The van der Waals surface area contributed by atoms with E-state index in [2.05, 4.69) is 15.6 Å². The number of hydrogen-bond acceptors (Lipinski definition) is 4. The number of aromatic nitrogens is 1. The van der Waals surface area contributed by atoms with Crippen molar-refractivity contribution in [2.24, 2.45) is 0 Å². The Morgan fingerprint density at radius 2 is 2.44 bits per heavy atom. The molecule has 1 aliphatic heterocycles. The summed E-state index contributed by atoms with van der Waals surface area (Å²) in [4.78, 5) is 16.1. The molecule has 1 amide bonds. The van der Waals surface area contributed by atoms with Gasteiger partial charge in [-0.3, -0.25) is 4.79 Å². The average molecular weight is 249 g/mol. The zero-order valence-electron chi connectivity index (χ0n) is 10.8. The third kappa shape index (κ3) is 2.98. The topological polar surface area (TPSA) is 63.2 Å². The summed E-state index contributed by atoms with van der Waals surface area (Å²) < 4.78 is 5.56. The predicted molar refractivity (Wildman–Crippen MR) is 69.7 cm³/mol. The minimum absolute atomic E-state index is 0.0335. The molecule has 98 valence electrons. The molecule has 1 saturated heterocycles. The van der Waals surface area contributed by atoms with Gasteiger partial charge in [-0.15, -0.1) is 0 Å². The van der Waals surface area contributed by atoms with Crippen LogP contribution in [0.25, 0.3) is 0 Å². The third-order valence-corrected chi connectivity index (χ3v) is 3.16. The molecule has 1 fully saturated rings. The molecule has 1 aliphatic rings. The maximum atomic E-state index is 12.1. The molecule has 2 rings (SSSR count). The maximum Gasteiger partial charge on any atom is 0.251 e. The fraction of sp³-hybridized carbons (Fsp3) is 0.538. The van der Waals surface area contributed by atoms with Crippen LogP contribution in [0.4, 0.5) is 5.82 Å². The van der Waals surface area contributed by atoms with Gasteiger partial charge in [-0.1, -0.05) is 0 Å². The van der Waals surface area contributed by atoms with Crippen LogP contribution >= 0.6 is 0 Å². The molecule has 2 heterocycles. The lowest BCUT2D eigenvalue weighted by Crippen LogP contribution is -2.40. The number of ether oxygens (including phenoxy) is 1. The molecule has 1 aromatic heterocycles. The number of nitrogens with one attached hydrogen (secondary N) is 2. The van der Waals surface area contributed by atoms with Crippen molar-refractivity contribution in [2.75, 3.05) is 19.0 Å². The Labute approximate surface area is 107 Å². The molecule has 1 aromatic rings. The van der Waals surface area contributed by atoms with E-state index in [4.69, 9.17) is 4.74 Å². The summed E-state index contributed by atoms with van der Waals surface area (Å²) in [5.74, 6) is 0.601. The summed E-state index contributed by atoms with van der Waals surface area (Å²) in [5.41, 5.74) is 0.610. The van der Waals surface area contributed by atoms with Gasteiger partial charge >= 0.3 is 0 Å². The number of rotatable bonds is 4. The van der Waals surface area contributed by atoms with Crippen LogP contribution in [0, 0.1) is 0 Å². The second-order valence-electron chi connectivity index (χ2n) is 4.49. The highest BCUT2D eigenvalue weighted by Gasteiger charge is 2.23. The second-order valence-corrected chi connectivity index (χ2v) is 4.49. The molecule has 0 radical (unpaired) electrons. The molecular formula is C13H19N3O2. The van der Waals surface area contributed by atoms with Gasteiger partial charge in [-0.05, 0) is 31.9 Å². The van der Waals surface area contributed by atoms with E-state index in [9.17, 15) is 4.79 Å². The molecule has 0 aliphatic carbocycles. The van der Waals surface area contributed by atoms with Crippen LogP contribution in [-0.4, -0.2) is 36.7 Å². The Hall–Kier alpha value is -1.62. The lowest BCUT2D eigenvalue weighted by atomic mass is 10.1. The molecule has 0 bridgehead atoms. The third-order valence-electron chi connectivity index (χ3n) is 3.16. The lowest BCUT2D eigenvalue weighted by Gasteiger charge is -2.20. The fourth-order valence-electron chi connectivity index (χ4n) is 2.09. The number of nitrogens with zero attached hydrogens (tertiary/aromatic N) is 1. The number of hydrogen-bond donors (Lipinski definition) is 2. The highest BCUT2D eigenvalue weighted by Crippen LogP contribution is 2.16. The van der Waals surface area contributed by atoms with Crippen molar-refractivity contribution < 1.29 is 9.53 Å². The van der Waals surface area contributed by atoms with Crippen molar-refractivity contribution in [3.05, 3.63) is 23.9 Å². The van der Waals surface area contributed by atoms with E-state index >= 15 is 0 Å². The summed E-state index contributed by atoms with van der Waals surface area (Å²) in [6, 6.07) is 3.47. The van der Waals surface area contributed by atoms with Crippen LogP contribution < -0.4 is 10.6 Å². The molecule has 0 saturated carbocycles. The van der Waals surface area contributed by atoms with Gasteiger partial charge in [0.1, 0.15) is 5.82 Å². The Morgan fingerprint density at radius 1 is 1.61 bits per heavy atom. The number of carbonyl (C=O) groups excluding carboxylic acids is 1. The Kier molecular flexibility index (Phi) is 4.15. The van der Waals surface area contributed by atoms with Crippen LogP contribution in [0.15, 0.2) is 18.3 Å². The number of amides is 1. The Bertz CT molecular complexity index is 416. The summed E-state index contributed by atoms with van der Waals surface area (Å²) in [6.45, 7) is 2.78. The monoisotopic (exact) mass is 249 g/mol. The summed E-state index contributed by atoms with van der Waals surface area (Å²) in [7, 11) is 1.78. The fourth-order valence-corrected chi connectivity index (χ4v) is 2.09. The number of pyridine rings is 1. The smallest absolute Gasteiger partial charge is 0.251 e. The van der Waals surface area contributed by atoms with Gasteiger partial charge in [0.05, 0.1) is 12.1 Å². The molecule has 2 atom stereocenters. The van der Waals surface area contributed by atoms with Crippen LogP contribution in [0.1, 0.15) is 30.1 Å². The predicted octanol–water partition coefficient (Wildman–Crippen LogP) is 1.42. The largest absolute Gasteiger partial charge is 0.376 e. The lowest BCUT2D eigenvalue weighted by molar-refractivity contribution is 0.0712. The Balaban J connectivity index is 1.97. The molecule has 0 spiro atoms. The summed E-state index contributed by atoms with van der Waals surface area (Å²) >= 11 is 0. The van der Waals surface area contributed by atoms with Crippen molar-refractivity contribution in [2.45, 2.75) is 31.9 Å². The molecule has 0 aromatic carbocycles. The highest BCUT2D eigenvalue weighted by atomic mass is 16.5. The van der Waals surface area contributed by atoms with E-state index in [1.807, 2.05) is 6.92 Å². The first kappa shape index (κ1) is 12.8. The van der Waals surface area contributed by atoms with E-state index in [0.29, 0.717) is 11.4 Å². The zero-order chi connectivity index (χ0) is 13.0. The van der Waals surface area contributed by atoms with E-state index in [1.165, 1.54) is 0 Å². The first-order chi connectivity index (χ1) is 8.70. The molecule has 2 unspecified atom stereocenters. The Morgan fingerprint density at radius 3 is 3.11 bits per heavy atom. The first-order valence-corrected chi connectivity index (χ1v) is 6.27. The quantitative estimate of drug-likeness (QED) is 0.847. The van der Waals surface area contributed by atoms with E-state index in [1.54, 1.807) is 25.4 Å². The number of carbonyl (C=O) groups is 1. The van der Waals surface area contributed by atoms with Crippen LogP contribution in [0.2, 0.25) is 0 Å².